The Morgan fingerprint density at radius 3 is 2.78 bits per heavy atom. The van der Waals surface area contributed by atoms with Crippen LogP contribution in [0.25, 0.3) is 10.9 Å². The molecule has 0 bridgehead atoms. The van der Waals surface area contributed by atoms with E-state index in [2.05, 4.69) is 6.58 Å². The zero-order valence-corrected chi connectivity index (χ0v) is 18.0. The number of fused-ring (bicyclic) bond motifs is 2. The number of benzene rings is 2. The smallest absolute Gasteiger partial charge is 0.339 e. The largest absolute Gasteiger partial charge is 0.494 e. The van der Waals surface area contributed by atoms with Crippen LogP contribution in [0.2, 0.25) is 0 Å². The number of halogens is 1. The first-order valence-corrected chi connectivity index (χ1v) is 10.3. The zero-order valence-electron chi connectivity index (χ0n) is 18.0. The number of esters is 1. The van der Waals surface area contributed by atoms with Crippen LogP contribution in [0.3, 0.4) is 0 Å². The van der Waals surface area contributed by atoms with Crippen LogP contribution in [-0.4, -0.2) is 42.0 Å². The van der Waals surface area contributed by atoms with E-state index in [-0.39, 0.29) is 30.4 Å². The first-order valence-electron chi connectivity index (χ1n) is 10.3. The summed E-state index contributed by atoms with van der Waals surface area (Å²) in [5.74, 6) is -1.34. The molecular weight excluding hydrogens is 411 g/mol. The van der Waals surface area contributed by atoms with Gasteiger partial charge in [0.25, 0.3) is 5.91 Å². The molecule has 7 heteroatoms. The number of rotatable bonds is 5. The highest BCUT2D eigenvalue weighted by Gasteiger charge is 2.29. The summed E-state index contributed by atoms with van der Waals surface area (Å²) >= 11 is 0. The highest BCUT2D eigenvalue weighted by atomic mass is 19.1. The van der Waals surface area contributed by atoms with Crippen molar-refractivity contribution in [2.75, 3.05) is 20.3 Å². The molecule has 4 rings (SSSR count). The maximum absolute atomic E-state index is 14.1. The lowest BCUT2D eigenvalue weighted by Crippen LogP contribution is -2.37. The third kappa shape index (κ3) is 3.93. The van der Waals surface area contributed by atoms with Gasteiger partial charge >= 0.3 is 5.97 Å². The molecule has 6 nitrogen and oxygen atoms in total. The fourth-order valence-electron chi connectivity index (χ4n) is 3.95. The van der Waals surface area contributed by atoms with Crippen molar-refractivity contribution in [1.29, 1.82) is 0 Å². The number of hydrogen-bond acceptors (Lipinski definition) is 5. The van der Waals surface area contributed by atoms with Crippen LogP contribution in [0, 0.1) is 12.7 Å². The fourth-order valence-corrected chi connectivity index (χ4v) is 3.95. The molecule has 2 aromatic carbocycles. The Morgan fingerprint density at radius 1 is 1.25 bits per heavy atom. The number of carbonyl (C=O) groups is 2. The predicted molar refractivity (Wildman–Crippen MR) is 118 cm³/mol. The molecule has 0 N–H and O–H groups in total. The maximum Gasteiger partial charge on any atom is 0.339 e. The number of aromatic nitrogens is 1. The minimum Gasteiger partial charge on any atom is -0.494 e. The lowest BCUT2D eigenvalue weighted by atomic mass is 9.94. The summed E-state index contributed by atoms with van der Waals surface area (Å²) in [5.41, 5.74) is 3.73. The van der Waals surface area contributed by atoms with Crippen LogP contribution in [0.1, 0.15) is 37.5 Å². The number of hydrogen-bond donors (Lipinski definition) is 0. The molecule has 0 radical (unpaired) electrons. The zero-order chi connectivity index (χ0) is 22.8. The van der Waals surface area contributed by atoms with Gasteiger partial charge in [0.1, 0.15) is 6.61 Å². The number of ether oxygens (including phenoxy) is 2. The van der Waals surface area contributed by atoms with E-state index in [1.165, 1.54) is 25.3 Å². The minimum atomic E-state index is -0.604. The standard InChI is InChI=1S/C25H23FN2O4/c1-4-11-32-25(30)23-17-12-15(2)5-7-20(17)27-21-9-10-28(14-18(21)23)24(29)16-6-8-22(31-3)19(26)13-16/h4-8,12-13H,1,9-11,14H2,2-3H3. The van der Waals surface area contributed by atoms with Crippen molar-refractivity contribution in [2.45, 2.75) is 19.9 Å². The quantitative estimate of drug-likeness (QED) is 0.444. The fraction of sp³-hybridized carbons (Fsp3) is 0.240. The molecular formula is C25H23FN2O4. The van der Waals surface area contributed by atoms with Gasteiger partial charge in [-0.05, 0) is 37.3 Å². The van der Waals surface area contributed by atoms with Crippen molar-refractivity contribution in [3.05, 3.63) is 82.8 Å². The van der Waals surface area contributed by atoms with Gasteiger partial charge < -0.3 is 14.4 Å². The topological polar surface area (TPSA) is 68.7 Å². The molecule has 0 saturated heterocycles. The van der Waals surface area contributed by atoms with E-state index in [0.29, 0.717) is 35.0 Å². The normalized spacial score (nSPS) is 12.9. The molecule has 1 aromatic heterocycles. The minimum absolute atomic E-state index is 0.0730. The van der Waals surface area contributed by atoms with Crippen molar-refractivity contribution >= 4 is 22.8 Å². The van der Waals surface area contributed by atoms with E-state index < -0.39 is 11.8 Å². The van der Waals surface area contributed by atoms with Crippen LogP contribution in [0.4, 0.5) is 4.39 Å². The molecule has 1 amide bonds. The first kappa shape index (κ1) is 21.5. The Bertz CT molecular complexity index is 1240. The molecule has 0 fully saturated rings. The van der Waals surface area contributed by atoms with Gasteiger partial charge in [-0.3, -0.25) is 9.78 Å². The van der Waals surface area contributed by atoms with Gasteiger partial charge in [0, 0.05) is 41.7 Å². The summed E-state index contributed by atoms with van der Waals surface area (Å²) in [6.45, 7) is 6.20. The van der Waals surface area contributed by atoms with Crippen LogP contribution in [-0.2, 0) is 17.7 Å². The van der Waals surface area contributed by atoms with Crippen LogP contribution in [0.15, 0.2) is 49.1 Å². The lowest BCUT2D eigenvalue weighted by molar-refractivity contribution is 0.0544. The molecule has 1 aliphatic rings. The number of nitrogens with zero attached hydrogens (tertiary/aromatic N) is 2. The van der Waals surface area contributed by atoms with E-state index in [4.69, 9.17) is 14.5 Å². The Kier molecular flexibility index (Phi) is 5.90. The predicted octanol–water partition coefficient (Wildman–Crippen LogP) is 4.23. The molecule has 3 aromatic rings. The van der Waals surface area contributed by atoms with Crippen molar-refractivity contribution in [2.24, 2.45) is 0 Å². The van der Waals surface area contributed by atoms with E-state index >= 15 is 0 Å². The first-order chi connectivity index (χ1) is 15.4. The Labute approximate surface area is 185 Å². The summed E-state index contributed by atoms with van der Waals surface area (Å²) in [5, 5.41) is 0.683. The Hall–Kier alpha value is -3.74. The third-order valence-electron chi connectivity index (χ3n) is 5.52. The van der Waals surface area contributed by atoms with Gasteiger partial charge in [0.15, 0.2) is 11.6 Å². The second-order valence-corrected chi connectivity index (χ2v) is 7.65. The van der Waals surface area contributed by atoms with Crippen molar-refractivity contribution in [3.63, 3.8) is 0 Å². The number of carbonyl (C=O) groups excluding carboxylic acids is 2. The molecule has 0 atom stereocenters. The number of aryl methyl sites for hydroxylation is 1. The average molecular weight is 434 g/mol. The van der Waals surface area contributed by atoms with Crippen LogP contribution in [0.5, 0.6) is 5.75 Å². The molecule has 164 valence electrons. The molecule has 0 unspecified atom stereocenters. The van der Waals surface area contributed by atoms with E-state index in [1.54, 1.807) is 4.90 Å². The molecule has 0 aliphatic carbocycles. The van der Waals surface area contributed by atoms with Crippen LogP contribution < -0.4 is 4.74 Å². The number of amides is 1. The van der Waals surface area contributed by atoms with Gasteiger partial charge in [0.2, 0.25) is 0 Å². The van der Waals surface area contributed by atoms with Crippen molar-refractivity contribution in [3.8, 4) is 5.75 Å². The van der Waals surface area contributed by atoms with Gasteiger partial charge in [-0.25, -0.2) is 9.18 Å². The van der Waals surface area contributed by atoms with Gasteiger partial charge in [-0.2, -0.15) is 0 Å². The molecule has 32 heavy (non-hydrogen) atoms. The summed E-state index contributed by atoms with van der Waals surface area (Å²) < 4.78 is 24.4. The molecule has 2 heterocycles. The maximum atomic E-state index is 14.1. The summed E-state index contributed by atoms with van der Waals surface area (Å²) in [6.07, 6.45) is 1.98. The van der Waals surface area contributed by atoms with E-state index in [1.807, 2.05) is 25.1 Å². The van der Waals surface area contributed by atoms with Crippen molar-refractivity contribution in [1.82, 2.24) is 9.88 Å². The second-order valence-electron chi connectivity index (χ2n) is 7.65. The Morgan fingerprint density at radius 2 is 2.06 bits per heavy atom. The van der Waals surface area contributed by atoms with Crippen molar-refractivity contribution < 1.29 is 23.5 Å². The highest BCUT2D eigenvalue weighted by molar-refractivity contribution is 6.05. The van der Waals surface area contributed by atoms with Gasteiger partial charge in [-0.15, -0.1) is 0 Å². The number of pyridine rings is 1. The number of methoxy groups -OCH3 is 1. The van der Waals surface area contributed by atoms with E-state index in [9.17, 15) is 14.0 Å². The van der Waals surface area contributed by atoms with Crippen LogP contribution >= 0.6 is 0 Å². The molecule has 0 spiro atoms. The third-order valence-corrected chi connectivity index (χ3v) is 5.52. The van der Waals surface area contributed by atoms with Gasteiger partial charge in [0.05, 0.1) is 18.2 Å². The highest BCUT2D eigenvalue weighted by Crippen LogP contribution is 2.30. The second kappa shape index (κ2) is 8.78. The van der Waals surface area contributed by atoms with Gasteiger partial charge in [-0.1, -0.05) is 24.3 Å². The van der Waals surface area contributed by atoms with E-state index in [0.717, 1.165) is 17.3 Å². The summed E-state index contributed by atoms with van der Waals surface area (Å²) in [4.78, 5) is 32.4. The molecule has 0 saturated carbocycles. The molecule has 1 aliphatic heterocycles. The SMILES string of the molecule is C=CCOC(=O)c1c2c(nc3ccc(C)cc13)CCN(C(=O)c1ccc(OC)c(F)c1)C2. The monoisotopic (exact) mass is 434 g/mol. The Balaban J connectivity index is 1.75. The lowest BCUT2D eigenvalue weighted by Gasteiger charge is -2.30. The average Bonchev–Trinajstić information content (AvgIpc) is 2.80. The summed E-state index contributed by atoms with van der Waals surface area (Å²) in [7, 11) is 1.37. The summed E-state index contributed by atoms with van der Waals surface area (Å²) in [6, 6.07) is 9.84.